The molecule has 88 valence electrons. The van der Waals surface area contributed by atoms with Gasteiger partial charge in [0.25, 0.3) is 0 Å². The summed E-state index contributed by atoms with van der Waals surface area (Å²) in [6.45, 7) is 7.87. The summed E-state index contributed by atoms with van der Waals surface area (Å²) < 4.78 is 5.63. The molecule has 0 fully saturated rings. The number of β-amino-alcohol motifs (C(OH)–C–C–N with tert-alkyl or cyclic N) is 1. The van der Waals surface area contributed by atoms with Gasteiger partial charge in [-0.05, 0) is 38.5 Å². The Labute approximate surface area is 96.6 Å². The number of hydrogen-bond acceptors (Lipinski definition) is 3. The van der Waals surface area contributed by atoms with E-state index in [4.69, 9.17) is 4.74 Å². The van der Waals surface area contributed by atoms with E-state index < -0.39 is 5.60 Å². The van der Waals surface area contributed by atoms with Crippen LogP contribution >= 0.6 is 0 Å². The highest BCUT2D eigenvalue weighted by Crippen LogP contribution is 2.32. The smallest absolute Gasteiger partial charge is 0.142 e. The fraction of sp³-hybridized carbons (Fsp3) is 0.538. The van der Waals surface area contributed by atoms with Gasteiger partial charge in [-0.15, -0.1) is 0 Å². The summed E-state index contributed by atoms with van der Waals surface area (Å²) in [4.78, 5) is 2.18. The first kappa shape index (κ1) is 11.3. The molecule has 1 N–H and O–H groups in total. The van der Waals surface area contributed by atoms with Crippen molar-refractivity contribution in [3.05, 3.63) is 23.8 Å². The summed E-state index contributed by atoms with van der Waals surface area (Å²) in [5, 5.41) is 9.87. The van der Waals surface area contributed by atoms with Crippen molar-refractivity contribution < 1.29 is 9.84 Å². The van der Waals surface area contributed by atoms with Gasteiger partial charge in [-0.25, -0.2) is 0 Å². The Bertz CT molecular complexity index is 382. The van der Waals surface area contributed by atoms with E-state index in [2.05, 4.69) is 24.0 Å². The molecular weight excluding hydrogens is 202 g/mol. The third-order valence-corrected chi connectivity index (χ3v) is 2.65. The number of hydrogen-bond donors (Lipinski definition) is 1. The normalized spacial score (nSPS) is 15.6. The molecule has 0 aliphatic carbocycles. The van der Waals surface area contributed by atoms with Gasteiger partial charge >= 0.3 is 0 Å². The molecule has 16 heavy (non-hydrogen) atoms. The molecule has 0 bridgehead atoms. The Morgan fingerprint density at radius 2 is 2.19 bits per heavy atom. The summed E-state index contributed by atoms with van der Waals surface area (Å²) in [6.07, 6.45) is 0. The third kappa shape index (κ3) is 2.47. The van der Waals surface area contributed by atoms with Crippen molar-refractivity contribution >= 4 is 5.69 Å². The number of fused-ring (bicyclic) bond motifs is 1. The van der Waals surface area contributed by atoms with Crippen LogP contribution in [0.5, 0.6) is 5.75 Å². The molecule has 0 saturated heterocycles. The summed E-state index contributed by atoms with van der Waals surface area (Å²) in [6, 6.07) is 6.19. The maximum atomic E-state index is 9.87. The Balaban J connectivity index is 2.26. The maximum Gasteiger partial charge on any atom is 0.142 e. The predicted molar refractivity (Wildman–Crippen MR) is 65.2 cm³/mol. The molecule has 0 atom stereocenters. The summed E-state index contributed by atoms with van der Waals surface area (Å²) in [5.41, 5.74) is 1.60. The van der Waals surface area contributed by atoms with Crippen LogP contribution in [0.1, 0.15) is 19.4 Å². The maximum absolute atomic E-state index is 9.87. The molecule has 1 heterocycles. The van der Waals surface area contributed by atoms with Crippen LogP contribution in [-0.4, -0.2) is 30.4 Å². The van der Waals surface area contributed by atoms with Crippen LogP contribution in [0.2, 0.25) is 0 Å². The molecular formula is C13H19NO2. The Kier molecular flexibility index (Phi) is 2.80. The quantitative estimate of drug-likeness (QED) is 0.828. The first-order valence-corrected chi connectivity index (χ1v) is 5.66. The average molecular weight is 221 g/mol. The molecule has 0 radical (unpaired) electrons. The molecule has 0 amide bonds. The van der Waals surface area contributed by atoms with Gasteiger partial charge in [-0.2, -0.15) is 0 Å². The summed E-state index contributed by atoms with van der Waals surface area (Å²) in [7, 11) is 0. The van der Waals surface area contributed by atoms with Gasteiger partial charge in [0.15, 0.2) is 0 Å². The van der Waals surface area contributed by atoms with Gasteiger partial charge in [0.05, 0.1) is 17.8 Å². The number of ether oxygens (including phenoxy) is 1. The van der Waals surface area contributed by atoms with Crippen molar-refractivity contribution in [2.45, 2.75) is 26.4 Å². The number of anilines is 1. The predicted octanol–water partition coefficient (Wildman–Crippen LogP) is 1.96. The summed E-state index contributed by atoms with van der Waals surface area (Å²) in [5.74, 6) is 0.926. The lowest BCUT2D eigenvalue weighted by Crippen LogP contribution is -2.42. The zero-order valence-corrected chi connectivity index (χ0v) is 10.2. The standard InChI is InChI=1S/C13H19NO2/c1-10-4-5-11-12(8-10)16-7-6-14(11)9-13(2,3)15/h4-5,8,15H,6-7,9H2,1-3H3. The number of aliphatic hydroxyl groups is 1. The Morgan fingerprint density at radius 1 is 1.44 bits per heavy atom. The molecule has 1 aromatic carbocycles. The van der Waals surface area contributed by atoms with E-state index >= 15 is 0 Å². The minimum atomic E-state index is -0.681. The lowest BCUT2D eigenvalue weighted by Gasteiger charge is -2.35. The highest BCUT2D eigenvalue weighted by Gasteiger charge is 2.23. The monoisotopic (exact) mass is 221 g/mol. The van der Waals surface area contributed by atoms with Crippen LogP contribution in [-0.2, 0) is 0 Å². The number of rotatable bonds is 2. The summed E-state index contributed by atoms with van der Waals surface area (Å²) >= 11 is 0. The van der Waals surface area contributed by atoms with Gasteiger partial charge in [-0.3, -0.25) is 0 Å². The molecule has 3 heteroatoms. The van der Waals surface area contributed by atoms with Crippen LogP contribution < -0.4 is 9.64 Å². The molecule has 0 unspecified atom stereocenters. The molecule has 0 spiro atoms. The average Bonchev–Trinajstić information content (AvgIpc) is 2.15. The second-order valence-electron chi connectivity index (χ2n) is 5.05. The van der Waals surface area contributed by atoms with Crippen molar-refractivity contribution in [3.8, 4) is 5.75 Å². The van der Waals surface area contributed by atoms with Gasteiger partial charge in [-0.1, -0.05) is 6.07 Å². The van der Waals surface area contributed by atoms with Crippen LogP contribution in [0, 0.1) is 6.92 Å². The second kappa shape index (κ2) is 3.98. The van der Waals surface area contributed by atoms with Crippen LogP contribution in [0.25, 0.3) is 0 Å². The van der Waals surface area contributed by atoms with E-state index in [-0.39, 0.29) is 0 Å². The molecule has 0 aromatic heterocycles. The zero-order valence-electron chi connectivity index (χ0n) is 10.2. The number of benzene rings is 1. The largest absolute Gasteiger partial charge is 0.490 e. The lowest BCUT2D eigenvalue weighted by molar-refractivity contribution is 0.0855. The van der Waals surface area contributed by atoms with Crippen molar-refractivity contribution in [2.75, 3.05) is 24.6 Å². The van der Waals surface area contributed by atoms with Crippen LogP contribution in [0.15, 0.2) is 18.2 Å². The SMILES string of the molecule is Cc1ccc2c(c1)OCCN2CC(C)(C)O. The van der Waals surface area contributed by atoms with E-state index in [0.717, 1.165) is 18.0 Å². The minimum absolute atomic E-state index is 0.631. The number of aryl methyl sites for hydroxylation is 1. The molecule has 3 nitrogen and oxygen atoms in total. The van der Waals surface area contributed by atoms with E-state index in [0.29, 0.717) is 13.2 Å². The van der Waals surface area contributed by atoms with E-state index in [9.17, 15) is 5.11 Å². The first-order valence-electron chi connectivity index (χ1n) is 5.66. The topological polar surface area (TPSA) is 32.7 Å². The first-order chi connectivity index (χ1) is 7.46. The Morgan fingerprint density at radius 3 is 2.88 bits per heavy atom. The van der Waals surface area contributed by atoms with E-state index in [1.807, 2.05) is 19.9 Å². The second-order valence-corrected chi connectivity index (χ2v) is 5.05. The minimum Gasteiger partial charge on any atom is -0.490 e. The van der Waals surface area contributed by atoms with E-state index in [1.54, 1.807) is 0 Å². The van der Waals surface area contributed by atoms with Gasteiger partial charge in [0.2, 0.25) is 0 Å². The Hall–Kier alpha value is -1.22. The van der Waals surface area contributed by atoms with Crippen LogP contribution in [0.4, 0.5) is 5.69 Å². The van der Waals surface area contributed by atoms with Crippen molar-refractivity contribution in [2.24, 2.45) is 0 Å². The third-order valence-electron chi connectivity index (χ3n) is 2.65. The number of nitrogens with zero attached hydrogens (tertiary/aromatic N) is 1. The van der Waals surface area contributed by atoms with Crippen molar-refractivity contribution in [1.82, 2.24) is 0 Å². The van der Waals surface area contributed by atoms with E-state index in [1.165, 1.54) is 5.56 Å². The highest BCUT2D eigenvalue weighted by molar-refractivity contribution is 5.61. The molecule has 2 rings (SSSR count). The van der Waals surface area contributed by atoms with Gasteiger partial charge < -0.3 is 14.7 Å². The zero-order chi connectivity index (χ0) is 11.8. The van der Waals surface area contributed by atoms with Gasteiger partial charge in [0, 0.05) is 6.54 Å². The van der Waals surface area contributed by atoms with Crippen molar-refractivity contribution in [1.29, 1.82) is 0 Å². The lowest BCUT2D eigenvalue weighted by atomic mass is 10.1. The highest BCUT2D eigenvalue weighted by atomic mass is 16.5. The fourth-order valence-corrected chi connectivity index (χ4v) is 2.02. The molecule has 0 saturated carbocycles. The van der Waals surface area contributed by atoms with Crippen molar-refractivity contribution in [3.63, 3.8) is 0 Å². The molecule has 1 aliphatic rings. The molecule has 1 aliphatic heterocycles. The van der Waals surface area contributed by atoms with Crippen LogP contribution in [0.3, 0.4) is 0 Å². The molecule has 1 aromatic rings. The van der Waals surface area contributed by atoms with Gasteiger partial charge in [0.1, 0.15) is 12.4 Å². The fourth-order valence-electron chi connectivity index (χ4n) is 2.02.